The molecule has 1 N–H and O–H groups in total. The van der Waals surface area contributed by atoms with E-state index in [1.54, 1.807) is 4.90 Å². The van der Waals surface area contributed by atoms with Crippen LogP contribution in [0.15, 0.2) is 0 Å². The van der Waals surface area contributed by atoms with Crippen LogP contribution >= 0.6 is 0 Å². The summed E-state index contributed by atoms with van der Waals surface area (Å²) < 4.78 is 12.3. The Morgan fingerprint density at radius 3 is 2.64 bits per heavy atom. The number of rotatable bonds is 4. The summed E-state index contributed by atoms with van der Waals surface area (Å²) in [5.41, 5.74) is 0.506. The molecule has 2 heterocycles. The molecular formula is C19H34NO2+. The third kappa shape index (κ3) is 2.85. The van der Waals surface area contributed by atoms with Crippen molar-refractivity contribution in [2.45, 2.75) is 71.2 Å². The highest BCUT2D eigenvalue weighted by Gasteiger charge is 2.53. The summed E-state index contributed by atoms with van der Waals surface area (Å²) in [6, 6.07) is 0. The number of hydrogen-bond donors (Lipinski definition) is 1. The summed E-state index contributed by atoms with van der Waals surface area (Å²) in [5, 5.41) is 0. The molecule has 22 heavy (non-hydrogen) atoms. The molecular weight excluding hydrogens is 274 g/mol. The topological polar surface area (TPSA) is 22.9 Å². The minimum Gasteiger partial charge on any atom is -0.350 e. The van der Waals surface area contributed by atoms with E-state index < -0.39 is 0 Å². The molecule has 0 spiro atoms. The first-order valence-electron chi connectivity index (χ1n) is 9.73. The molecule has 0 aromatic carbocycles. The van der Waals surface area contributed by atoms with Crippen molar-refractivity contribution in [2.24, 2.45) is 23.2 Å². The maximum absolute atomic E-state index is 6.28. The van der Waals surface area contributed by atoms with Crippen LogP contribution in [0.1, 0.15) is 58.8 Å². The summed E-state index contributed by atoms with van der Waals surface area (Å²) in [7, 11) is 0. The van der Waals surface area contributed by atoms with Gasteiger partial charge < -0.3 is 14.4 Å². The predicted molar refractivity (Wildman–Crippen MR) is 86.7 cm³/mol. The van der Waals surface area contributed by atoms with Crippen molar-refractivity contribution in [3.05, 3.63) is 0 Å². The van der Waals surface area contributed by atoms with Crippen molar-refractivity contribution in [2.75, 3.05) is 26.2 Å². The van der Waals surface area contributed by atoms with Crippen molar-refractivity contribution in [3.8, 4) is 0 Å². The van der Waals surface area contributed by atoms with Gasteiger partial charge in [-0.2, -0.15) is 0 Å². The van der Waals surface area contributed by atoms with E-state index in [-0.39, 0.29) is 6.29 Å². The third-order valence-corrected chi connectivity index (χ3v) is 7.39. The molecule has 2 bridgehead atoms. The maximum atomic E-state index is 6.28. The van der Waals surface area contributed by atoms with Crippen LogP contribution in [0.25, 0.3) is 0 Å². The second kappa shape index (κ2) is 6.07. The lowest BCUT2D eigenvalue weighted by Gasteiger charge is -2.39. The summed E-state index contributed by atoms with van der Waals surface area (Å²) in [5.74, 6) is 2.72. The van der Waals surface area contributed by atoms with Crippen LogP contribution in [0.5, 0.6) is 0 Å². The van der Waals surface area contributed by atoms with Gasteiger partial charge in [0.25, 0.3) is 0 Å². The molecule has 0 aromatic rings. The van der Waals surface area contributed by atoms with Crippen LogP contribution in [-0.4, -0.2) is 38.6 Å². The van der Waals surface area contributed by atoms with E-state index in [4.69, 9.17) is 9.47 Å². The molecule has 3 nitrogen and oxygen atoms in total. The molecule has 0 unspecified atom stereocenters. The van der Waals surface area contributed by atoms with Gasteiger partial charge in [0.2, 0.25) is 0 Å². The summed E-state index contributed by atoms with van der Waals surface area (Å²) in [6.07, 6.45) is 10.2. The highest BCUT2D eigenvalue weighted by molar-refractivity contribution is 5.01. The van der Waals surface area contributed by atoms with E-state index in [1.165, 1.54) is 51.6 Å². The van der Waals surface area contributed by atoms with E-state index in [2.05, 4.69) is 13.8 Å². The molecule has 2 saturated carbocycles. The Morgan fingerprint density at radius 2 is 1.91 bits per heavy atom. The Labute approximate surface area is 135 Å². The summed E-state index contributed by atoms with van der Waals surface area (Å²) in [6.45, 7) is 9.65. The van der Waals surface area contributed by atoms with E-state index in [1.807, 2.05) is 0 Å². The first-order chi connectivity index (χ1) is 10.6. The van der Waals surface area contributed by atoms with Gasteiger partial charge in [-0.15, -0.1) is 0 Å². The van der Waals surface area contributed by atoms with Gasteiger partial charge in [-0.25, -0.2) is 0 Å². The van der Waals surface area contributed by atoms with Crippen LogP contribution in [0, 0.1) is 23.2 Å². The zero-order chi connectivity index (χ0) is 15.2. The Hall–Kier alpha value is -0.120. The fraction of sp³-hybridized carbons (Fsp3) is 1.00. The number of fused-ring (bicyclic) bond motifs is 2. The van der Waals surface area contributed by atoms with Gasteiger partial charge in [0.15, 0.2) is 6.29 Å². The van der Waals surface area contributed by atoms with Crippen molar-refractivity contribution >= 4 is 0 Å². The monoisotopic (exact) mass is 308 g/mol. The fourth-order valence-corrected chi connectivity index (χ4v) is 5.99. The van der Waals surface area contributed by atoms with Gasteiger partial charge in [-0.1, -0.05) is 13.8 Å². The van der Waals surface area contributed by atoms with Gasteiger partial charge >= 0.3 is 0 Å². The van der Waals surface area contributed by atoms with E-state index >= 15 is 0 Å². The highest BCUT2D eigenvalue weighted by atomic mass is 16.7. The molecule has 2 aliphatic carbocycles. The molecule has 4 fully saturated rings. The van der Waals surface area contributed by atoms with Crippen LogP contribution in [0.4, 0.5) is 0 Å². The van der Waals surface area contributed by atoms with Gasteiger partial charge in [-0.05, 0) is 61.7 Å². The SMILES string of the molecule is CC1(C)[C@@H]2CC[C@@H](C2)[C@@H]1C[C@@H]1OC[C@H](C[NH+]2CCCCC2)O1. The van der Waals surface area contributed by atoms with Crippen molar-refractivity contribution in [1.82, 2.24) is 0 Å². The molecule has 0 radical (unpaired) electrons. The number of likely N-dealkylation sites (tertiary alicyclic amines) is 1. The van der Waals surface area contributed by atoms with Crippen LogP contribution < -0.4 is 4.90 Å². The standard InChI is InChI=1S/C19H33NO2/c1-19(2)15-7-6-14(10-15)17(19)11-18-21-13-16(22-18)12-20-8-4-3-5-9-20/h14-18H,3-13H2,1-2H3/p+1/t14-,15+,16-,17-,18+/m0/s1. The third-order valence-electron chi connectivity index (χ3n) is 7.39. The molecule has 2 aliphatic heterocycles. The maximum Gasteiger partial charge on any atom is 0.158 e. The number of hydrogen-bond acceptors (Lipinski definition) is 2. The first kappa shape index (κ1) is 15.4. The van der Waals surface area contributed by atoms with E-state index in [9.17, 15) is 0 Å². The summed E-state index contributed by atoms with van der Waals surface area (Å²) >= 11 is 0. The van der Waals surface area contributed by atoms with E-state index in [0.717, 1.165) is 37.3 Å². The second-order valence-corrected chi connectivity index (χ2v) is 8.97. The number of quaternary nitrogens is 1. The lowest BCUT2D eigenvalue weighted by atomic mass is 9.67. The molecule has 2 saturated heterocycles. The Morgan fingerprint density at radius 1 is 1.09 bits per heavy atom. The quantitative estimate of drug-likeness (QED) is 0.861. The molecule has 4 rings (SSSR count). The molecule has 0 amide bonds. The van der Waals surface area contributed by atoms with Crippen molar-refractivity contribution in [3.63, 3.8) is 0 Å². The van der Waals surface area contributed by atoms with E-state index in [0.29, 0.717) is 11.5 Å². The smallest absolute Gasteiger partial charge is 0.158 e. The van der Waals surface area contributed by atoms with Gasteiger partial charge in [0.1, 0.15) is 12.6 Å². The number of ether oxygens (including phenoxy) is 2. The van der Waals surface area contributed by atoms with Crippen LogP contribution in [0.3, 0.4) is 0 Å². The van der Waals surface area contributed by atoms with Crippen LogP contribution in [0.2, 0.25) is 0 Å². The predicted octanol–water partition coefficient (Wildman–Crippen LogP) is 2.26. The average Bonchev–Trinajstić information content (AvgIpc) is 3.19. The molecule has 0 aromatic heterocycles. The molecule has 126 valence electrons. The largest absolute Gasteiger partial charge is 0.350 e. The lowest BCUT2D eigenvalue weighted by molar-refractivity contribution is -0.907. The lowest BCUT2D eigenvalue weighted by Crippen LogP contribution is -3.13. The zero-order valence-electron chi connectivity index (χ0n) is 14.5. The minimum absolute atomic E-state index is 0.0813. The highest BCUT2D eigenvalue weighted by Crippen LogP contribution is 2.60. The van der Waals surface area contributed by atoms with Crippen LogP contribution in [-0.2, 0) is 9.47 Å². The fourth-order valence-electron chi connectivity index (χ4n) is 5.99. The molecule has 5 atom stereocenters. The zero-order valence-corrected chi connectivity index (χ0v) is 14.5. The normalized spacial score (nSPS) is 44.7. The Bertz CT molecular complexity index is 391. The molecule has 4 aliphatic rings. The van der Waals surface area contributed by atoms with Crippen molar-refractivity contribution < 1.29 is 14.4 Å². The van der Waals surface area contributed by atoms with Gasteiger partial charge in [0, 0.05) is 6.42 Å². The average molecular weight is 308 g/mol. The Kier molecular flexibility index (Phi) is 4.25. The minimum atomic E-state index is 0.0813. The Balaban J connectivity index is 1.28. The first-order valence-corrected chi connectivity index (χ1v) is 9.73. The number of nitrogens with one attached hydrogen (secondary N) is 1. The van der Waals surface area contributed by atoms with Gasteiger partial charge in [0.05, 0.1) is 19.7 Å². The number of piperidine rings is 1. The second-order valence-electron chi connectivity index (χ2n) is 8.97. The van der Waals surface area contributed by atoms with Gasteiger partial charge in [-0.3, -0.25) is 0 Å². The summed E-state index contributed by atoms with van der Waals surface area (Å²) in [4.78, 5) is 1.74. The van der Waals surface area contributed by atoms with Crippen molar-refractivity contribution in [1.29, 1.82) is 0 Å². The molecule has 3 heteroatoms.